The molecule has 0 aliphatic rings. The molecule has 2 aromatic heterocycles. The van der Waals surface area contributed by atoms with E-state index >= 15 is 0 Å². The fourth-order valence-electron chi connectivity index (χ4n) is 1.75. The zero-order valence-corrected chi connectivity index (χ0v) is 10.5. The van der Waals surface area contributed by atoms with E-state index in [4.69, 9.17) is 0 Å². The van der Waals surface area contributed by atoms with Crippen LogP contribution in [0.15, 0.2) is 23.4 Å². The number of unbranched alkanes of at least 4 members (excludes halogenated alkanes) is 3. The molecule has 0 fully saturated rings. The van der Waals surface area contributed by atoms with Crippen LogP contribution >= 0.6 is 12.6 Å². The molecule has 5 nitrogen and oxygen atoms in total. The lowest BCUT2D eigenvalue weighted by Crippen LogP contribution is -2.21. The van der Waals surface area contributed by atoms with E-state index in [0.717, 1.165) is 31.4 Å². The predicted molar refractivity (Wildman–Crippen MR) is 69.6 cm³/mol. The van der Waals surface area contributed by atoms with E-state index in [1.807, 2.05) is 0 Å². The second kappa shape index (κ2) is 5.86. The van der Waals surface area contributed by atoms with Crippen LogP contribution in [0.2, 0.25) is 0 Å². The van der Waals surface area contributed by atoms with Crippen molar-refractivity contribution in [1.29, 1.82) is 0 Å². The van der Waals surface area contributed by atoms with Crippen molar-refractivity contribution in [3.05, 3.63) is 29.1 Å². The first-order valence-corrected chi connectivity index (χ1v) is 6.46. The molecular formula is C11H16N4OS. The van der Waals surface area contributed by atoms with Gasteiger partial charge in [-0.25, -0.2) is 13.9 Å². The Hall–Kier alpha value is -1.30. The predicted octanol–water partition coefficient (Wildman–Crippen LogP) is 1.38. The first-order chi connectivity index (χ1) is 8.33. The van der Waals surface area contributed by atoms with Gasteiger partial charge in [0, 0.05) is 18.9 Å². The van der Waals surface area contributed by atoms with Crippen molar-refractivity contribution in [2.24, 2.45) is 0 Å². The van der Waals surface area contributed by atoms with Crippen LogP contribution in [0, 0.1) is 0 Å². The maximum absolute atomic E-state index is 11.9. The Balaban J connectivity index is 1.99. The van der Waals surface area contributed by atoms with E-state index < -0.39 is 0 Å². The van der Waals surface area contributed by atoms with E-state index in [1.165, 1.54) is 9.08 Å². The van der Waals surface area contributed by atoms with Crippen molar-refractivity contribution in [2.45, 2.75) is 32.2 Å². The lowest BCUT2D eigenvalue weighted by molar-refractivity contribution is 0.529. The molecule has 0 spiro atoms. The normalized spacial score (nSPS) is 11.1. The fraction of sp³-hybridized carbons (Fsp3) is 0.545. The Kier molecular flexibility index (Phi) is 4.19. The third-order valence-electron chi connectivity index (χ3n) is 2.67. The fourth-order valence-corrected chi connectivity index (χ4v) is 1.98. The van der Waals surface area contributed by atoms with Crippen molar-refractivity contribution in [1.82, 2.24) is 19.2 Å². The van der Waals surface area contributed by atoms with Crippen LogP contribution < -0.4 is 5.69 Å². The van der Waals surface area contributed by atoms with Gasteiger partial charge in [-0.3, -0.25) is 4.98 Å². The van der Waals surface area contributed by atoms with Gasteiger partial charge in [0.05, 0.1) is 6.20 Å². The minimum absolute atomic E-state index is 0.0865. The minimum atomic E-state index is -0.0865. The molecule has 2 heterocycles. The number of nitrogens with zero attached hydrogens (tertiary/aromatic N) is 4. The molecule has 0 atom stereocenters. The molecule has 0 radical (unpaired) electrons. The maximum Gasteiger partial charge on any atom is 0.350 e. The number of aryl methyl sites for hydroxylation is 1. The highest BCUT2D eigenvalue weighted by Crippen LogP contribution is 2.02. The lowest BCUT2D eigenvalue weighted by atomic mass is 10.2. The Bertz CT molecular complexity index is 533. The van der Waals surface area contributed by atoms with Crippen molar-refractivity contribution in [3.8, 4) is 0 Å². The summed E-state index contributed by atoms with van der Waals surface area (Å²) in [6.45, 7) is 0.674. The Morgan fingerprint density at radius 3 is 2.82 bits per heavy atom. The highest BCUT2D eigenvalue weighted by atomic mass is 32.1. The van der Waals surface area contributed by atoms with E-state index in [0.29, 0.717) is 12.2 Å². The summed E-state index contributed by atoms with van der Waals surface area (Å²) >= 11 is 4.16. The van der Waals surface area contributed by atoms with Crippen LogP contribution in [0.4, 0.5) is 0 Å². The summed E-state index contributed by atoms with van der Waals surface area (Å²) < 4.78 is 3.03. The monoisotopic (exact) mass is 252 g/mol. The zero-order valence-electron chi connectivity index (χ0n) is 9.62. The third kappa shape index (κ3) is 2.88. The minimum Gasteiger partial charge on any atom is -0.259 e. The SMILES string of the molecule is O=c1n(CCCCCCS)nc2cnccn12. The van der Waals surface area contributed by atoms with Gasteiger partial charge in [-0.2, -0.15) is 12.6 Å². The summed E-state index contributed by atoms with van der Waals surface area (Å²) in [5.41, 5.74) is 0.518. The van der Waals surface area contributed by atoms with Crippen molar-refractivity contribution in [2.75, 3.05) is 5.75 Å². The van der Waals surface area contributed by atoms with Crippen LogP contribution in [0.3, 0.4) is 0 Å². The molecule has 92 valence electrons. The van der Waals surface area contributed by atoms with Gasteiger partial charge < -0.3 is 0 Å². The van der Waals surface area contributed by atoms with E-state index in [-0.39, 0.29) is 5.69 Å². The Morgan fingerprint density at radius 1 is 1.24 bits per heavy atom. The van der Waals surface area contributed by atoms with Gasteiger partial charge >= 0.3 is 5.69 Å². The molecule has 0 saturated heterocycles. The molecule has 2 rings (SSSR count). The number of hydrogen-bond acceptors (Lipinski definition) is 4. The van der Waals surface area contributed by atoms with Gasteiger partial charge in [-0.1, -0.05) is 12.8 Å². The molecule has 17 heavy (non-hydrogen) atoms. The van der Waals surface area contributed by atoms with Gasteiger partial charge in [-0.15, -0.1) is 5.10 Å². The average molecular weight is 252 g/mol. The van der Waals surface area contributed by atoms with E-state index in [9.17, 15) is 4.79 Å². The summed E-state index contributed by atoms with van der Waals surface area (Å²) in [5.74, 6) is 0.931. The molecule has 0 saturated carbocycles. The number of aromatic nitrogens is 4. The van der Waals surface area contributed by atoms with Gasteiger partial charge in [0.15, 0.2) is 5.65 Å². The van der Waals surface area contributed by atoms with Gasteiger partial charge in [-0.05, 0) is 18.6 Å². The molecular weight excluding hydrogens is 236 g/mol. The Morgan fingerprint density at radius 2 is 2.06 bits per heavy atom. The molecule has 0 aliphatic carbocycles. The van der Waals surface area contributed by atoms with Crippen molar-refractivity contribution >= 4 is 18.3 Å². The molecule has 0 amide bonds. The highest BCUT2D eigenvalue weighted by molar-refractivity contribution is 7.80. The summed E-state index contributed by atoms with van der Waals surface area (Å²) in [7, 11) is 0. The first kappa shape index (κ1) is 12.2. The molecule has 0 bridgehead atoms. The number of fused-ring (bicyclic) bond motifs is 1. The number of rotatable bonds is 6. The molecule has 2 aromatic rings. The molecule has 0 unspecified atom stereocenters. The summed E-state index contributed by atoms with van der Waals surface area (Å²) in [4.78, 5) is 15.8. The lowest BCUT2D eigenvalue weighted by Gasteiger charge is -1.99. The summed E-state index contributed by atoms with van der Waals surface area (Å²) in [6.07, 6.45) is 9.21. The van der Waals surface area contributed by atoms with Crippen molar-refractivity contribution < 1.29 is 0 Å². The molecule has 6 heteroatoms. The van der Waals surface area contributed by atoms with Crippen molar-refractivity contribution in [3.63, 3.8) is 0 Å². The standard InChI is InChI=1S/C11H16N4OS/c16-11-14-7-5-12-9-10(14)13-15(11)6-3-1-2-4-8-17/h5,7,9,17H,1-4,6,8H2. The second-order valence-electron chi connectivity index (χ2n) is 3.95. The number of hydrogen-bond donors (Lipinski definition) is 1. The van der Waals surface area contributed by atoms with Crippen LogP contribution in [0.1, 0.15) is 25.7 Å². The quantitative estimate of drug-likeness (QED) is 0.624. The van der Waals surface area contributed by atoms with Crippen LogP contribution in [-0.4, -0.2) is 24.9 Å². The van der Waals surface area contributed by atoms with E-state index in [1.54, 1.807) is 18.6 Å². The molecule has 0 aromatic carbocycles. The topological polar surface area (TPSA) is 52.2 Å². The average Bonchev–Trinajstić information content (AvgIpc) is 2.67. The molecule has 0 N–H and O–H groups in total. The van der Waals surface area contributed by atoms with Gasteiger partial charge in [0.2, 0.25) is 0 Å². The number of thiol groups is 1. The summed E-state index contributed by atoms with van der Waals surface area (Å²) in [5, 5.41) is 4.22. The van der Waals surface area contributed by atoms with Gasteiger partial charge in [0.25, 0.3) is 0 Å². The van der Waals surface area contributed by atoms with Crippen LogP contribution in [0.25, 0.3) is 5.65 Å². The van der Waals surface area contributed by atoms with Crippen LogP contribution in [-0.2, 0) is 6.54 Å². The zero-order chi connectivity index (χ0) is 12.1. The third-order valence-corrected chi connectivity index (χ3v) is 2.98. The largest absolute Gasteiger partial charge is 0.350 e. The Labute approximate surface area is 105 Å². The highest BCUT2D eigenvalue weighted by Gasteiger charge is 2.05. The maximum atomic E-state index is 11.9. The summed E-state index contributed by atoms with van der Waals surface area (Å²) in [6, 6.07) is 0. The van der Waals surface area contributed by atoms with E-state index in [2.05, 4.69) is 22.7 Å². The van der Waals surface area contributed by atoms with Crippen LogP contribution in [0.5, 0.6) is 0 Å². The first-order valence-electron chi connectivity index (χ1n) is 5.83. The molecule has 0 aliphatic heterocycles. The smallest absolute Gasteiger partial charge is 0.259 e. The van der Waals surface area contributed by atoms with Gasteiger partial charge in [0.1, 0.15) is 0 Å². The second-order valence-corrected chi connectivity index (χ2v) is 4.40.